The van der Waals surface area contributed by atoms with E-state index in [1.54, 1.807) is 18.4 Å². The fourth-order valence-electron chi connectivity index (χ4n) is 1.58. The highest BCUT2D eigenvalue weighted by atomic mass is 19.3. The topological polar surface area (TPSA) is 47.3 Å². The number of hydrogen-bond acceptors (Lipinski definition) is 4. The van der Waals surface area contributed by atoms with E-state index in [2.05, 4.69) is 15.0 Å². The summed E-state index contributed by atoms with van der Waals surface area (Å²) in [6.45, 7) is 0.586. The van der Waals surface area contributed by atoms with Gasteiger partial charge in [-0.05, 0) is 24.7 Å². The maximum absolute atomic E-state index is 12.1. The molecule has 0 unspecified atom stereocenters. The average Bonchev–Trinajstić information content (AvgIpc) is 2.84. The summed E-state index contributed by atoms with van der Waals surface area (Å²) in [5.74, 6) is 0.464. The third-order valence-electron chi connectivity index (χ3n) is 2.41. The lowest BCUT2D eigenvalue weighted by Crippen LogP contribution is -2.11. The van der Waals surface area contributed by atoms with E-state index in [4.69, 9.17) is 4.42 Å². The van der Waals surface area contributed by atoms with Crippen LogP contribution in [0.3, 0.4) is 0 Å². The van der Waals surface area contributed by atoms with Gasteiger partial charge in [-0.25, -0.2) is 4.98 Å². The molecule has 6 heteroatoms. The van der Waals surface area contributed by atoms with Gasteiger partial charge in [-0.2, -0.15) is 8.78 Å². The van der Waals surface area contributed by atoms with Gasteiger partial charge in [0.2, 0.25) is 5.89 Å². The molecule has 1 aromatic heterocycles. The van der Waals surface area contributed by atoms with Gasteiger partial charge >= 0.3 is 6.61 Å². The maximum atomic E-state index is 12.1. The first-order valence-electron chi connectivity index (χ1n) is 5.89. The quantitative estimate of drug-likeness (QED) is 0.874. The Bertz CT molecular complexity index is 529. The van der Waals surface area contributed by atoms with Gasteiger partial charge in [-0.1, -0.05) is 13.0 Å². The van der Waals surface area contributed by atoms with Crippen molar-refractivity contribution < 1.29 is 17.9 Å². The zero-order valence-electron chi connectivity index (χ0n) is 10.4. The number of ether oxygens (including phenoxy) is 1. The van der Waals surface area contributed by atoms with Gasteiger partial charge in [0.15, 0.2) is 0 Å². The minimum atomic E-state index is -2.84. The second-order valence-electron chi connectivity index (χ2n) is 3.83. The van der Waals surface area contributed by atoms with Crippen molar-refractivity contribution in [3.8, 4) is 17.2 Å². The minimum absolute atomic E-state index is 0.0823. The summed E-state index contributed by atoms with van der Waals surface area (Å²) in [7, 11) is 0. The standard InChI is InChI=1S/C13H14F2N2O2/c1-2-16-7-10-8-18-12(17-10)9-4-3-5-11(6-9)19-13(14)15/h3-6,8,13,16H,2,7H2,1H3. The van der Waals surface area contributed by atoms with Crippen molar-refractivity contribution in [2.75, 3.05) is 6.54 Å². The lowest BCUT2D eigenvalue weighted by molar-refractivity contribution is -0.0498. The smallest absolute Gasteiger partial charge is 0.387 e. The molecule has 0 fully saturated rings. The second kappa shape index (κ2) is 6.29. The van der Waals surface area contributed by atoms with E-state index < -0.39 is 6.61 Å². The summed E-state index contributed by atoms with van der Waals surface area (Å²) in [5, 5.41) is 3.12. The van der Waals surface area contributed by atoms with Crippen LogP contribution in [-0.2, 0) is 6.54 Å². The highest BCUT2D eigenvalue weighted by Gasteiger charge is 2.09. The Kier molecular flexibility index (Phi) is 4.46. The van der Waals surface area contributed by atoms with E-state index in [1.165, 1.54) is 12.1 Å². The summed E-state index contributed by atoms with van der Waals surface area (Å²) < 4.78 is 33.9. The van der Waals surface area contributed by atoms with E-state index in [9.17, 15) is 8.78 Å². The number of oxazole rings is 1. The Morgan fingerprint density at radius 1 is 1.42 bits per heavy atom. The summed E-state index contributed by atoms with van der Waals surface area (Å²) in [4.78, 5) is 4.27. The first kappa shape index (κ1) is 13.5. The van der Waals surface area contributed by atoms with Crippen LogP contribution in [0.25, 0.3) is 11.5 Å². The fraction of sp³-hybridized carbons (Fsp3) is 0.308. The predicted molar refractivity (Wildman–Crippen MR) is 66.0 cm³/mol. The molecule has 0 amide bonds. The Balaban J connectivity index is 2.14. The minimum Gasteiger partial charge on any atom is -0.444 e. The van der Waals surface area contributed by atoms with Crippen LogP contribution in [-0.4, -0.2) is 18.1 Å². The van der Waals surface area contributed by atoms with Crippen LogP contribution in [0.5, 0.6) is 5.75 Å². The van der Waals surface area contributed by atoms with Crippen LogP contribution >= 0.6 is 0 Å². The molecule has 0 spiro atoms. The summed E-state index contributed by atoms with van der Waals surface area (Å²) >= 11 is 0. The molecule has 0 aliphatic carbocycles. The van der Waals surface area contributed by atoms with Crippen molar-refractivity contribution in [3.05, 3.63) is 36.2 Å². The van der Waals surface area contributed by atoms with Crippen molar-refractivity contribution in [2.45, 2.75) is 20.1 Å². The lowest BCUT2D eigenvalue weighted by atomic mass is 10.2. The second-order valence-corrected chi connectivity index (χ2v) is 3.83. The van der Waals surface area contributed by atoms with Crippen LogP contribution < -0.4 is 10.1 Å². The third-order valence-corrected chi connectivity index (χ3v) is 2.41. The number of rotatable bonds is 6. The van der Waals surface area contributed by atoms with E-state index in [0.29, 0.717) is 18.0 Å². The zero-order valence-corrected chi connectivity index (χ0v) is 10.4. The van der Waals surface area contributed by atoms with Crippen molar-refractivity contribution in [3.63, 3.8) is 0 Å². The van der Waals surface area contributed by atoms with Gasteiger partial charge in [0.1, 0.15) is 12.0 Å². The largest absolute Gasteiger partial charge is 0.444 e. The number of benzene rings is 1. The number of halogens is 2. The number of nitrogens with zero attached hydrogens (tertiary/aromatic N) is 1. The van der Waals surface area contributed by atoms with Gasteiger partial charge in [-0.3, -0.25) is 0 Å². The van der Waals surface area contributed by atoms with Crippen LogP contribution in [0.1, 0.15) is 12.6 Å². The van der Waals surface area contributed by atoms with Gasteiger partial charge in [-0.15, -0.1) is 0 Å². The number of aromatic nitrogens is 1. The predicted octanol–water partition coefficient (Wildman–Crippen LogP) is 3.05. The average molecular weight is 268 g/mol. The fourth-order valence-corrected chi connectivity index (χ4v) is 1.58. The lowest BCUT2D eigenvalue weighted by Gasteiger charge is -2.04. The molecule has 1 aromatic carbocycles. The summed E-state index contributed by atoms with van der Waals surface area (Å²) in [6.07, 6.45) is 1.54. The highest BCUT2D eigenvalue weighted by Crippen LogP contribution is 2.24. The highest BCUT2D eigenvalue weighted by molar-refractivity contribution is 5.56. The Labute approximate surface area is 109 Å². The molecule has 0 aliphatic heterocycles. The Morgan fingerprint density at radius 2 is 2.26 bits per heavy atom. The monoisotopic (exact) mass is 268 g/mol. The molecule has 2 aromatic rings. The Hall–Kier alpha value is -1.95. The molecule has 0 bridgehead atoms. The molecule has 1 N–H and O–H groups in total. The number of nitrogens with one attached hydrogen (secondary N) is 1. The van der Waals surface area contributed by atoms with Crippen molar-refractivity contribution in [2.24, 2.45) is 0 Å². The van der Waals surface area contributed by atoms with Crippen LogP contribution in [0.4, 0.5) is 8.78 Å². The molecule has 0 radical (unpaired) electrons. The number of alkyl halides is 2. The van der Waals surface area contributed by atoms with E-state index in [-0.39, 0.29) is 5.75 Å². The van der Waals surface area contributed by atoms with Gasteiger partial charge in [0.25, 0.3) is 0 Å². The SMILES string of the molecule is CCNCc1coc(-c2cccc(OC(F)F)c2)n1. The molecule has 0 saturated heterocycles. The third kappa shape index (κ3) is 3.75. The molecule has 0 aliphatic rings. The normalized spacial score (nSPS) is 10.9. The summed E-state index contributed by atoms with van der Waals surface area (Å²) in [5.41, 5.74) is 1.36. The number of hydrogen-bond donors (Lipinski definition) is 1. The van der Waals surface area contributed by atoms with Crippen molar-refractivity contribution >= 4 is 0 Å². The molecule has 19 heavy (non-hydrogen) atoms. The zero-order chi connectivity index (χ0) is 13.7. The van der Waals surface area contributed by atoms with Crippen molar-refractivity contribution in [1.82, 2.24) is 10.3 Å². The first-order valence-corrected chi connectivity index (χ1v) is 5.89. The molecule has 0 atom stereocenters. The van der Waals surface area contributed by atoms with E-state index in [1.807, 2.05) is 6.92 Å². The molecule has 2 rings (SSSR count). The van der Waals surface area contributed by atoms with Crippen LogP contribution in [0.15, 0.2) is 34.9 Å². The molecule has 1 heterocycles. The molecule has 102 valence electrons. The molecule has 0 saturated carbocycles. The van der Waals surface area contributed by atoms with E-state index >= 15 is 0 Å². The molecular weight excluding hydrogens is 254 g/mol. The van der Waals surface area contributed by atoms with Gasteiger partial charge in [0.05, 0.1) is 5.69 Å². The van der Waals surface area contributed by atoms with Crippen LogP contribution in [0.2, 0.25) is 0 Å². The summed E-state index contributed by atoms with van der Waals surface area (Å²) in [6, 6.07) is 6.26. The Morgan fingerprint density at radius 3 is 3.00 bits per heavy atom. The maximum Gasteiger partial charge on any atom is 0.387 e. The van der Waals surface area contributed by atoms with E-state index in [0.717, 1.165) is 12.2 Å². The van der Waals surface area contributed by atoms with Crippen LogP contribution in [0, 0.1) is 0 Å². The van der Waals surface area contributed by atoms with Crippen molar-refractivity contribution in [1.29, 1.82) is 0 Å². The first-order chi connectivity index (χ1) is 9.19. The molecule has 4 nitrogen and oxygen atoms in total. The van der Waals surface area contributed by atoms with Gasteiger partial charge in [0, 0.05) is 12.1 Å². The molecular formula is C13H14F2N2O2. The van der Waals surface area contributed by atoms with Gasteiger partial charge < -0.3 is 14.5 Å².